The van der Waals surface area contributed by atoms with E-state index in [4.69, 9.17) is 23.7 Å². The van der Waals surface area contributed by atoms with Crippen LogP contribution in [-0.4, -0.2) is 124 Å². The Balaban J connectivity index is 0.712. The summed E-state index contributed by atoms with van der Waals surface area (Å²) in [7, 11) is 0. The first-order chi connectivity index (χ1) is 26.9. The number of aromatic nitrogens is 2. The number of aromatic amines is 1. The van der Waals surface area contributed by atoms with Gasteiger partial charge in [-0.15, -0.1) is 0 Å². The number of ether oxygens (including phenoxy) is 5. The molecule has 4 aromatic rings. The van der Waals surface area contributed by atoms with Gasteiger partial charge < -0.3 is 44.6 Å². The number of benzene rings is 2. The molecule has 0 spiro atoms. The number of carbonyl (C=O) groups excluding carboxylic acids is 4. The van der Waals surface area contributed by atoms with Gasteiger partial charge >= 0.3 is 0 Å². The third-order valence-electron chi connectivity index (χ3n) is 9.30. The Morgan fingerprint density at radius 1 is 0.818 bits per heavy atom. The van der Waals surface area contributed by atoms with E-state index in [9.17, 15) is 19.2 Å². The number of nitrogens with one attached hydrogen (secondary N) is 4. The second kappa shape index (κ2) is 19.9. The first kappa shape index (κ1) is 39.5. The molecule has 4 heterocycles. The number of nitrogens with zero attached hydrogens (tertiary/aromatic N) is 2. The van der Waals surface area contributed by atoms with E-state index in [0.717, 1.165) is 32.3 Å². The van der Waals surface area contributed by atoms with Crippen LogP contribution in [0.2, 0.25) is 0 Å². The van der Waals surface area contributed by atoms with Crippen LogP contribution >= 0.6 is 0 Å². The van der Waals surface area contributed by atoms with Crippen LogP contribution in [0.1, 0.15) is 45.5 Å². The van der Waals surface area contributed by atoms with Gasteiger partial charge in [0.25, 0.3) is 11.8 Å². The summed E-state index contributed by atoms with van der Waals surface area (Å²) in [5.41, 5.74) is 4.85. The minimum atomic E-state index is -0.854. The van der Waals surface area contributed by atoms with E-state index in [1.54, 1.807) is 24.4 Å². The Labute approximate surface area is 319 Å². The zero-order chi connectivity index (χ0) is 38.4. The second-order valence-electron chi connectivity index (χ2n) is 13.1. The lowest BCUT2D eigenvalue weighted by molar-refractivity contribution is -0.125. The van der Waals surface area contributed by atoms with Gasteiger partial charge in [0.15, 0.2) is 0 Å². The number of allylic oxidation sites excluding steroid dienone is 1. The number of hydrogen-bond donors (Lipinski definition) is 4. The molecular weight excluding hydrogens is 708 g/mol. The number of amides is 4. The number of rotatable bonds is 23. The number of H-pyrrole nitrogens is 1. The largest absolute Gasteiger partial charge is 0.382 e. The standard InChI is InChI=1S/C40H48N6O9/c1-27-5-9-35(38(48)44-27)46-39(49)30-3-2-4-33(37(30)40(46)50)42-13-15-51-17-19-53-21-23-55-24-22-54-20-18-52-16-14-43-36(47)10-7-28-6-8-29-31-26-41-12-11-32(31)45-34(29)25-28/h2-4,6,8,11-12,25-26,35,42,45H,1,5,7,9-10,13-24H2,(H,43,47)(H,44,48). The molecule has 2 aromatic carbocycles. The van der Waals surface area contributed by atoms with E-state index in [2.05, 4.69) is 50.7 Å². The lowest BCUT2D eigenvalue weighted by atomic mass is 10.0. The highest BCUT2D eigenvalue weighted by molar-refractivity contribution is 6.25. The average molecular weight is 757 g/mol. The van der Waals surface area contributed by atoms with Gasteiger partial charge in [0.05, 0.1) is 77.2 Å². The first-order valence-electron chi connectivity index (χ1n) is 18.6. The monoisotopic (exact) mass is 756 g/mol. The molecule has 1 unspecified atom stereocenters. The minimum Gasteiger partial charge on any atom is -0.382 e. The van der Waals surface area contributed by atoms with E-state index in [-0.39, 0.29) is 17.0 Å². The van der Waals surface area contributed by atoms with Gasteiger partial charge in [-0.3, -0.25) is 29.1 Å². The predicted octanol–water partition coefficient (Wildman–Crippen LogP) is 3.35. The third kappa shape index (κ3) is 10.5. The normalized spacial score (nSPS) is 15.6. The minimum absolute atomic E-state index is 0.0117. The maximum atomic E-state index is 13.2. The van der Waals surface area contributed by atoms with Crippen molar-refractivity contribution < 1.29 is 42.9 Å². The quantitative estimate of drug-likeness (QED) is 0.0644. The topological polar surface area (TPSA) is 182 Å². The molecule has 2 aliphatic heterocycles. The van der Waals surface area contributed by atoms with Crippen LogP contribution in [0.15, 0.2) is 67.1 Å². The molecule has 4 amide bonds. The van der Waals surface area contributed by atoms with Crippen LogP contribution in [0.4, 0.5) is 5.69 Å². The number of aryl methyl sites for hydroxylation is 1. The smallest absolute Gasteiger partial charge is 0.264 e. The Hall–Kier alpha value is -5.19. The summed E-state index contributed by atoms with van der Waals surface area (Å²) >= 11 is 0. The summed E-state index contributed by atoms with van der Waals surface area (Å²) in [4.78, 5) is 59.7. The van der Waals surface area contributed by atoms with Crippen LogP contribution in [-0.2, 0) is 39.7 Å². The Bertz CT molecular complexity index is 1980. The lowest BCUT2D eigenvalue weighted by Gasteiger charge is -2.29. The maximum Gasteiger partial charge on any atom is 0.264 e. The molecule has 15 heteroatoms. The van der Waals surface area contributed by atoms with Crippen molar-refractivity contribution in [1.29, 1.82) is 0 Å². The molecule has 1 saturated heterocycles. The van der Waals surface area contributed by atoms with Crippen molar-refractivity contribution in [2.75, 3.05) is 84.5 Å². The second-order valence-corrected chi connectivity index (χ2v) is 13.1. The summed E-state index contributed by atoms with van der Waals surface area (Å²) < 4.78 is 27.8. The van der Waals surface area contributed by atoms with E-state index in [0.29, 0.717) is 116 Å². The summed E-state index contributed by atoms with van der Waals surface area (Å²) in [5, 5.41) is 10.9. The molecule has 4 N–H and O–H groups in total. The highest BCUT2D eigenvalue weighted by Gasteiger charge is 2.45. The Kier molecular flexibility index (Phi) is 14.3. The SMILES string of the molecule is C=C1CCC(N2C(=O)c3cccc(NCCOCCOCCOCCOCCOCCNC(=O)CCc4ccc5c(c4)[nH]c4ccncc45)c3C2=O)C(=O)N1. The highest BCUT2D eigenvalue weighted by Crippen LogP contribution is 2.33. The van der Waals surface area contributed by atoms with E-state index in [1.807, 2.05) is 12.3 Å². The molecule has 6 rings (SSSR count). The molecule has 1 atom stereocenters. The van der Waals surface area contributed by atoms with Crippen LogP contribution in [0.5, 0.6) is 0 Å². The van der Waals surface area contributed by atoms with Crippen molar-refractivity contribution >= 4 is 51.1 Å². The van der Waals surface area contributed by atoms with Crippen molar-refractivity contribution in [2.24, 2.45) is 0 Å². The van der Waals surface area contributed by atoms with Gasteiger partial charge in [-0.1, -0.05) is 24.8 Å². The van der Waals surface area contributed by atoms with Gasteiger partial charge in [0.1, 0.15) is 6.04 Å². The zero-order valence-electron chi connectivity index (χ0n) is 30.9. The zero-order valence-corrected chi connectivity index (χ0v) is 30.9. The molecule has 1 fully saturated rings. The fraction of sp³-hybridized carbons (Fsp3) is 0.425. The van der Waals surface area contributed by atoms with E-state index >= 15 is 0 Å². The number of carbonyl (C=O) groups is 4. The first-order valence-corrected chi connectivity index (χ1v) is 18.6. The molecular formula is C40H48N6O9. The molecule has 0 saturated carbocycles. The summed E-state index contributed by atoms with van der Waals surface area (Å²) in [6, 6.07) is 12.4. The van der Waals surface area contributed by atoms with Crippen LogP contribution in [0.3, 0.4) is 0 Å². The van der Waals surface area contributed by atoms with Crippen molar-refractivity contribution in [3.63, 3.8) is 0 Å². The van der Waals surface area contributed by atoms with E-state index < -0.39 is 23.8 Å². The summed E-state index contributed by atoms with van der Waals surface area (Å²) in [5.74, 6) is -1.36. The summed E-state index contributed by atoms with van der Waals surface area (Å²) in [6.45, 7) is 8.75. The lowest BCUT2D eigenvalue weighted by Crippen LogP contribution is -2.51. The fourth-order valence-corrected chi connectivity index (χ4v) is 6.54. The van der Waals surface area contributed by atoms with Crippen molar-refractivity contribution in [3.05, 3.63) is 83.8 Å². The van der Waals surface area contributed by atoms with Gasteiger partial charge in [0, 0.05) is 65.1 Å². The number of hydrogen-bond acceptors (Lipinski definition) is 11. The highest BCUT2D eigenvalue weighted by atomic mass is 16.6. The number of fused-ring (bicyclic) bond motifs is 4. The van der Waals surface area contributed by atoms with E-state index in [1.165, 1.54) is 0 Å². The van der Waals surface area contributed by atoms with Crippen LogP contribution in [0.25, 0.3) is 21.8 Å². The van der Waals surface area contributed by atoms with Gasteiger partial charge in [-0.2, -0.15) is 0 Å². The number of piperidine rings is 1. The van der Waals surface area contributed by atoms with Gasteiger partial charge in [-0.05, 0) is 49.1 Å². The molecule has 2 aliphatic rings. The van der Waals surface area contributed by atoms with Gasteiger partial charge in [0.2, 0.25) is 11.8 Å². The average Bonchev–Trinajstić information content (AvgIpc) is 3.68. The molecule has 15 nitrogen and oxygen atoms in total. The number of anilines is 1. The van der Waals surface area contributed by atoms with Crippen molar-refractivity contribution in [2.45, 2.75) is 31.7 Å². The molecule has 0 radical (unpaired) electrons. The Morgan fingerprint density at radius 2 is 1.51 bits per heavy atom. The van der Waals surface area contributed by atoms with Crippen LogP contribution in [0, 0.1) is 0 Å². The predicted molar refractivity (Wildman–Crippen MR) is 205 cm³/mol. The van der Waals surface area contributed by atoms with Crippen molar-refractivity contribution in [1.82, 2.24) is 25.5 Å². The molecule has 292 valence electrons. The Morgan fingerprint density at radius 3 is 2.22 bits per heavy atom. The summed E-state index contributed by atoms with van der Waals surface area (Å²) in [6.07, 6.45) is 5.55. The fourth-order valence-electron chi connectivity index (χ4n) is 6.54. The van der Waals surface area contributed by atoms with Crippen LogP contribution < -0.4 is 16.0 Å². The number of imide groups is 1. The molecule has 55 heavy (non-hydrogen) atoms. The third-order valence-corrected chi connectivity index (χ3v) is 9.30. The maximum absolute atomic E-state index is 13.2. The van der Waals surface area contributed by atoms with Crippen molar-refractivity contribution in [3.8, 4) is 0 Å². The number of pyridine rings is 1. The molecule has 0 aliphatic carbocycles. The molecule has 2 aromatic heterocycles. The van der Waals surface area contributed by atoms with Gasteiger partial charge in [-0.25, -0.2) is 0 Å². The molecule has 0 bridgehead atoms.